The fourth-order valence-electron chi connectivity index (χ4n) is 10.6. The van der Waals surface area contributed by atoms with Crippen molar-refractivity contribution in [2.75, 3.05) is 4.90 Å². The molecule has 0 saturated carbocycles. The lowest BCUT2D eigenvalue weighted by Crippen LogP contribution is -2.58. The molecule has 0 fully saturated rings. The highest BCUT2D eigenvalue weighted by atomic mass is 15.2. The van der Waals surface area contributed by atoms with Gasteiger partial charge in [-0.2, -0.15) is 0 Å². The van der Waals surface area contributed by atoms with E-state index in [4.69, 9.17) is 0 Å². The van der Waals surface area contributed by atoms with Gasteiger partial charge in [0.25, 0.3) is 0 Å². The molecule has 7 aromatic carbocycles. The quantitative estimate of drug-likeness (QED) is 0.153. The van der Waals surface area contributed by atoms with Gasteiger partial charge >= 0.3 is 6.85 Å². The van der Waals surface area contributed by atoms with Gasteiger partial charge in [-0.3, -0.25) is 0 Å². The van der Waals surface area contributed by atoms with Gasteiger partial charge in [-0.25, -0.2) is 0 Å². The average Bonchev–Trinajstić information content (AvgIpc) is 3.56. The normalized spacial score (nSPS) is 16.4. The van der Waals surface area contributed by atoms with E-state index < -0.39 is 0 Å². The van der Waals surface area contributed by atoms with E-state index in [1.54, 1.807) is 0 Å². The van der Waals surface area contributed by atoms with Crippen molar-refractivity contribution in [3.63, 3.8) is 0 Å². The van der Waals surface area contributed by atoms with E-state index in [0.29, 0.717) is 0 Å². The van der Waals surface area contributed by atoms with Crippen LogP contribution in [-0.2, 0) is 10.8 Å². The summed E-state index contributed by atoms with van der Waals surface area (Å²) in [6.45, 7) is 9.77. The molecule has 230 valence electrons. The second-order valence-electron chi connectivity index (χ2n) is 15.7. The Bertz CT molecular complexity index is 2850. The van der Waals surface area contributed by atoms with Crippen molar-refractivity contribution in [1.29, 1.82) is 0 Å². The first kappa shape index (κ1) is 26.4. The molecule has 0 amide bonds. The molecule has 4 heterocycles. The fraction of sp³-hybridized carbons (Fsp3) is 0.130. The van der Waals surface area contributed by atoms with Crippen molar-refractivity contribution in [3.8, 4) is 22.3 Å². The van der Waals surface area contributed by atoms with Crippen molar-refractivity contribution in [1.82, 2.24) is 4.48 Å². The van der Waals surface area contributed by atoms with Gasteiger partial charge in [0.15, 0.2) is 0 Å². The molecular weight excluding hydrogens is 591 g/mol. The predicted octanol–water partition coefficient (Wildman–Crippen LogP) is 10.3. The van der Waals surface area contributed by atoms with Crippen LogP contribution in [0.2, 0.25) is 0 Å². The number of benzene rings is 7. The second kappa shape index (κ2) is 8.36. The van der Waals surface area contributed by atoms with Crippen LogP contribution in [0.25, 0.3) is 54.8 Å². The van der Waals surface area contributed by atoms with E-state index in [1.165, 1.54) is 105 Å². The number of hydrogen-bond donors (Lipinski definition) is 0. The molecular formula is C46H33BN2. The SMILES string of the molecule is CC1(C)c2ccccc2N2c3c(cccc31)B1c3c(cc4c(c32)C(C)(C)c2ccccc2-4)-c2cccc3c4cc5ccccc5cc4n1c23. The Kier molecular flexibility index (Phi) is 4.51. The largest absolute Gasteiger partial charge is 0.375 e. The summed E-state index contributed by atoms with van der Waals surface area (Å²) in [7, 11) is 0. The molecule has 0 bridgehead atoms. The zero-order valence-electron chi connectivity index (χ0n) is 28.1. The minimum atomic E-state index is -0.170. The summed E-state index contributed by atoms with van der Waals surface area (Å²) in [6.07, 6.45) is 0. The van der Waals surface area contributed by atoms with Gasteiger partial charge in [0.05, 0.1) is 5.69 Å². The lowest BCUT2D eigenvalue weighted by molar-refractivity contribution is 0.630. The highest BCUT2D eigenvalue weighted by Gasteiger charge is 2.51. The molecule has 12 rings (SSSR count). The Morgan fingerprint density at radius 1 is 0.510 bits per heavy atom. The minimum Gasteiger partial charge on any atom is -0.375 e. The first-order chi connectivity index (χ1) is 23.9. The molecule has 0 unspecified atom stereocenters. The van der Waals surface area contributed by atoms with Gasteiger partial charge in [-0.05, 0) is 84.9 Å². The van der Waals surface area contributed by atoms with Gasteiger partial charge in [-0.15, -0.1) is 0 Å². The molecule has 4 aliphatic rings. The summed E-state index contributed by atoms with van der Waals surface area (Å²) in [4.78, 5) is 2.69. The molecule has 3 heteroatoms. The van der Waals surface area contributed by atoms with Crippen LogP contribution in [0.1, 0.15) is 49.9 Å². The van der Waals surface area contributed by atoms with E-state index in [1.807, 2.05) is 0 Å². The molecule has 1 aliphatic carbocycles. The number of fused-ring (bicyclic) bond motifs is 14. The standard InChI is InChI=1S/C46H33BN2/c1-45(2)35-19-9-10-22-38(35)48-43-36(45)20-12-21-37(43)47-41-33(25-32-28-15-7-8-18-34(28)46(3,4)40(32)44(41)48)30-17-11-16-29-31-23-26-13-5-6-14-27(26)24-39(31)49(47)42(29)30/h5-25H,1-4H3. The van der Waals surface area contributed by atoms with Crippen LogP contribution in [0.4, 0.5) is 17.1 Å². The maximum Gasteiger partial charge on any atom is 0.333 e. The van der Waals surface area contributed by atoms with E-state index in [-0.39, 0.29) is 17.7 Å². The second-order valence-corrected chi connectivity index (χ2v) is 15.7. The van der Waals surface area contributed by atoms with Gasteiger partial charge in [0, 0.05) is 49.6 Å². The van der Waals surface area contributed by atoms with Crippen molar-refractivity contribution in [2.45, 2.75) is 38.5 Å². The number of anilines is 3. The molecule has 0 spiro atoms. The van der Waals surface area contributed by atoms with Crippen molar-refractivity contribution < 1.29 is 0 Å². The highest BCUT2D eigenvalue weighted by Crippen LogP contribution is 2.60. The third-order valence-electron chi connectivity index (χ3n) is 12.7. The Morgan fingerprint density at radius 2 is 1.20 bits per heavy atom. The third kappa shape index (κ3) is 2.88. The minimum absolute atomic E-state index is 0.0399. The lowest BCUT2D eigenvalue weighted by Gasteiger charge is -2.49. The molecule has 0 N–H and O–H groups in total. The maximum absolute atomic E-state index is 2.72. The van der Waals surface area contributed by atoms with E-state index >= 15 is 0 Å². The zero-order chi connectivity index (χ0) is 32.6. The van der Waals surface area contributed by atoms with Crippen LogP contribution in [0.3, 0.4) is 0 Å². The number of para-hydroxylation sites is 3. The van der Waals surface area contributed by atoms with Gasteiger partial charge in [0.1, 0.15) is 0 Å². The molecule has 8 aromatic rings. The van der Waals surface area contributed by atoms with E-state index in [0.717, 1.165) is 0 Å². The summed E-state index contributed by atoms with van der Waals surface area (Å²) in [5.41, 5.74) is 20.3. The summed E-state index contributed by atoms with van der Waals surface area (Å²) < 4.78 is 2.72. The van der Waals surface area contributed by atoms with Crippen LogP contribution in [0.5, 0.6) is 0 Å². The summed E-state index contributed by atoms with van der Waals surface area (Å²) in [6, 6.07) is 48.7. The maximum atomic E-state index is 2.72. The number of rotatable bonds is 0. The van der Waals surface area contributed by atoms with E-state index in [9.17, 15) is 0 Å². The molecule has 0 radical (unpaired) electrons. The van der Waals surface area contributed by atoms with Gasteiger partial charge in [-0.1, -0.05) is 131 Å². The van der Waals surface area contributed by atoms with Crippen LogP contribution in [0.15, 0.2) is 127 Å². The molecule has 3 aliphatic heterocycles. The average molecular weight is 625 g/mol. The topological polar surface area (TPSA) is 8.17 Å². The van der Waals surface area contributed by atoms with Gasteiger partial charge < -0.3 is 9.38 Å². The molecule has 49 heavy (non-hydrogen) atoms. The first-order valence-corrected chi connectivity index (χ1v) is 17.7. The van der Waals surface area contributed by atoms with Crippen molar-refractivity contribution in [2.24, 2.45) is 0 Å². The Hall–Kier alpha value is -5.54. The molecule has 0 saturated heterocycles. The monoisotopic (exact) mass is 624 g/mol. The van der Waals surface area contributed by atoms with Crippen LogP contribution in [0, 0.1) is 0 Å². The Labute approximate surface area is 286 Å². The lowest BCUT2D eigenvalue weighted by atomic mass is 9.43. The predicted molar refractivity (Wildman–Crippen MR) is 207 cm³/mol. The van der Waals surface area contributed by atoms with Crippen LogP contribution < -0.4 is 15.8 Å². The summed E-state index contributed by atoms with van der Waals surface area (Å²) in [5, 5.41) is 5.25. The molecule has 2 nitrogen and oxygen atoms in total. The smallest absolute Gasteiger partial charge is 0.333 e. The molecule has 1 aromatic heterocycles. The van der Waals surface area contributed by atoms with Crippen molar-refractivity contribution in [3.05, 3.63) is 150 Å². The van der Waals surface area contributed by atoms with E-state index in [2.05, 4.69) is 164 Å². The van der Waals surface area contributed by atoms with Crippen LogP contribution in [-0.4, -0.2) is 11.3 Å². The van der Waals surface area contributed by atoms with Crippen LogP contribution >= 0.6 is 0 Å². The Balaban J connectivity index is 1.34. The number of hydrogen-bond acceptors (Lipinski definition) is 1. The zero-order valence-corrected chi connectivity index (χ0v) is 28.1. The Morgan fingerprint density at radius 3 is 2.06 bits per heavy atom. The van der Waals surface area contributed by atoms with Gasteiger partial charge in [0.2, 0.25) is 0 Å². The first-order valence-electron chi connectivity index (χ1n) is 17.7. The highest BCUT2D eigenvalue weighted by molar-refractivity contribution is 6.90. The fourth-order valence-corrected chi connectivity index (χ4v) is 10.6. The number of aromatic nitrogens is 1. The summed E-state index contributed by atoms with van der Waals surface area (Å²) in [5.74, 6) is 0. The number of nitrogens with zero attached hydrogens (tertiary/aromatic N) is 2. The summed E-state index contributed by atoms with van der Waals surface area (Å²) >= 11 is 0. The third-order valence-corrected chi connectivity index (χ3v) is 12.7. The molecule has 0 atom stereocenters. The van der Waals surface area contributed by atoms with Crippen molar-refractivity contribution >= 4 is 67.4 Å².